The van der Waals surface area contributed by atoms with Gasteiger partial charge < -0.3 is 5.11 Å². The molecular formula is C15H23NO2. The number of carboxylic acid groups (broad SMARTS) is 1. The van der Waals surface area contributed by atoms with Crippen molar-refractivity contribution in [3.63, 3.8) is 0 Å². The number of nitrogens with zero attached hydrogens (tertiary/aromatic N) is 1. The lowest BCUT2D eigenvalue weighted by molar-refractivity contribution is -0.138. The van der Waals surface area contributed by atoms with E-state index in [0.29, 0.717) is 5.70 Å². The van der Waals surface area contributed by atoms with E-state index in [1.54, 1.807) is 18.4 Å². The monoisotopic (exact) mass is 249 g/mol. The number of aliphatic imine (C=N–C) groups is 1. The SMILES string of the molecule is CCCCCCCCC=C1N=CC=CC1C(=O)O. The van der Waals surface area contributed by atoms with E-state index in [9.17, 15) is 4.79 Å². The largest absolute Gasteiger partial charge is 0.481 e. The molecule has 0 aromatic carbocycles. The summed E-state index contributed by atoms with van der Waals surface area (Å²) in [4.78, 5) is 15.2. The van der Waals surface area contributed by atoms with Crippen molar-refractivity contribution >= 4 is 12.2 Å². The molecular weight excluding hydrogens is 226 g/mol. The van der Waals surface area contributed by atoms with Gasteiger partial charge in [0.2, 0.25) is 0 Å². The smallest absolute Gasteiger partial charge is 0.316 e. The summed E-state index contributed by atoms with van der Waals surface area (Å²) in [6.45, 7) is 2.21. The van der Waals surface area contributed by atoms with Crippen molar-refractivity contribution in [1.82, 2.24) is 0 Å². The second-order valence-corrected chi connectivity index (χ2v) is 4.66. The van der Waals surface area contributed by atoms with E-state index in [0.717, 1.165) is 12.8 Å². The molecule has 1 atom stereocenters. The lowest BCUT2D eigenvalue weighted by Gasteiger charge is -2.11. The highest BCUT2D eigenvalue weighted by Crippen LogP contribution is 2.19. The topological polar surface area (TPSA) is 49.7 Å². The summed E-state index contributed by atoms with van der Waals surface area (Å²) < 4.78 is 0. The van der Waals surface area contributed by atoms with Gasteiger partial charge in [-0.3, -0.25) is 9.79 Å². The van der Waals surface area contributed by atoms with Crippen LogP contribution in [-0.2, 0) is 4.79 Å². The molecule has 0 saturated carbocycles. The molecule has 0 bridgehead atoms. The standard InChI is InChI=1S/C15H23NO2/c1-2-3-4-5-6-7-8-11-14-13(15(17)18)10-9-12-16-14/h9-13H,2-8H2,1H3,(H,17,18). The predicted octanol–water partition coefficient (Wildman–Crippen LogP) is 3.96. The highest BCUT2D eigenvalue weighted by atomic mass is 16.4. The molecule has 1 aliphatic heterocycles. The molecule has 1 aliphatic rings. The van der Waals surface area contributed by atoms with Crippen LogP contribution in [0.15, 0.2) is 28.9 Å². The fraction of sp³-hybridized carbons (Fsp3) is 0.600. The molecule has 0 aromatic rings. The average Bonchev–Trinajstić information content (AvgIpc) is 2.38. The maximum atomic E-state index is 11.0. The maximum Gasteiger partial charge on any atom is 0.316 e. The van der Waals surface area contributed by atoms with Crippen LogP contribution in [-0.4, -0.2) is 17.3 Å². The molecule has 1 rings (SSSR count). The summed E-state index contributed by atoms with van der Waals surface area (Å²) in [5.74, 6) is -1.38. The van der Waals surface area contributed by atoms with Crippen LogP contribution in [0.1, 0.15) is 51.9 Å². The Morgan fingerprint density at radius 2 is 2.06 bits per heavy atom. The highest BCUT2D eigenvalue weighted by molar-refractivity contribution is 5.82. The molecule has 1 heterocycles. The summed E-state index contributed by atoms with van der Waals surface area (Å²) in [6.07, 6.45) is 15.5. The van der Waals surface area contributed by atoms with Crippen LogP contribution < -0.4 is 0 Å². The van der Waals surface area contributed by atoms with Gasteiger partial charge >= 0.3 is 5.97 Å². The lowest BCUT2D eigenvalue weighted by Crippen LogP contribution is -2.14. The van der Waals surface area contributed by atoms with Gasteiger partial charge in [-0.1, -0.05) is 51.2 Å². The molecule has 0 radical (unpaired) electrons. The second kappa shape index (κ2) is 8.67. The third-order valence-electron chi connectivity index (χ3n) is 3.11. The molecule has 0 saturated heterocycles. The molecule has 100 valence electrons. The van der Waals surface area contributed by atoms with Crippen molar-refractivity contribution < 1.29 is 9.90 Å². The van der Waals surface area contributed by atoms with Gasteiger partial charge in [-0.15, -0.1) is 0 Å². The summed E-state index contributed by atoms with van der Waals surface area (Å²) in [6, 6.07) is 0. The first-order valence-electron chi connectivity index (χ1n) is 6.89. The molecule has 1 N–H and O–H groups in total. The van der Waals surface area contributed by atoms with Crippen LogP contribution in [0.2, 0.25) is 0 Å². The average molecular weight is 249 g/mol. The predicted molar refractivity (Wildman–Crippen MR) is 74.8 cm³/mol. The van der Waals surface area contributed by atoms with Crippen LogP contribution in [0.25, 0.3) is 0 Å². The number of allylic oxidation sites excluding steroid dienone is 2. The fourth-order valence-electron chi connectivity index (χ4n) is 2.03. The minimum atomic E-state index is -0.822. The Morgan fingerprint density at radius 1 is 1.33 bits per heavy atom. The number of hydrogen-bond acceptors (Lipinski definition) is 2. The zero-order valence-electron chi connectivity index (χ0n) is 11.1. The van der Waals surface area contributed by atoms with Gasteiger partial charge in [0, 0.05) is 6.21 Å². The highest BCUT2D eigenvalue weighted by Gasteiger charge is 2.19. The van der Waals surface area contributed by atoms with Crippen molar-refractivity contribution in [3.05, 3.63) is 23.9 Å². The minimum Gasteiger partial charge on any atom is -0.481 e. The normalized spacial score (nSPS) is 20.5. The first kappa shape index (κ1) is 14.7. The summed E-state index contributed by atoms with van der Waals surface area (Å²) in [5, 5.41) is 9.04. The third kappa shape index (κ3) is 5.30. The van der Waals surface area contributed by atoms with E-state index in [2.05, 4.69) is 11.9 Å². The Balaban J connectivity index is 2.26. The van der Waals surface area contributed by atoms with Gasteiger partial charge in [0.05, 0.1) is 5.70 Å². The number of aliphatic carboxylic acids is 1. The summed E-state index contributed by atoms with van der Waals surface area (Å²) >= 11 is 0. The molecule has 0 aliphatic carbocycles. The second-order valence-electron chi connectivity index (χ2n) is 4.66. The Labute approximate surface area is 109 Å². The van der Waals surface area contributed by atoms with E-state index in [-0.39, 0.29) is 0 Å². The van der Waals surface area contributed by atoms with Gasteiger partial charge in [-0.2, -0.15) is 0 Å². The summed E-state index contributed by atoms with van der Waals surface area (Å²) in [7, 11) is 0. The van der Waals surface area contributed by atoms with Gasteiger partial charge in [0.1, 0.15) is 5.92 Å². The van der Waals surface area contributed by atoms with Crippen molar-refractivity contribution in [3.8, 4) is 0 Å². The number of carboxylic acids is 1. The zero-order valence-corrected chi connectivity index (χ0v) is 11.1. The van der Waals surface area contributed by atoms with E-state index in [1.807, 2.05) is 6.08 Å². The minimum absolute atomic E-state index is 0.560. The zero-order chi connectivity index (χ0) is 13.2. The van der Waals surface area contributed by atoms with E-state index in [4.69, 9.17) is 5.11 Å². The number of rotatable bonds is 8. The molecule has 0 amide bonds. The molecule has 0 aromatic heterocycles. The van der Waals surface area contributed by atoms with Crippen molar-refractivity contribution in [2.45, 2.75) is 51.9 Å². The quantitative estimate of drug-likeness (QED) is 0.662. The van der Waals surface area contributed by atoms with E-state index in [1.165, 1.54) is 32.1 Å². The van der Waals surface area contributed by atoms with Crippen LogP contribution in [0.5, 0.6) is 0 Å². The van der Waals surface area contributed by atoms with Gasteiger partial charge in [-0.05, 0) is 18.9 Å². The van der Waals surface area contributed by atoms with Crippen molar-refractivity contribution in [1.29, 1.82) is 0 Å². The van der Waals surface area contributed by atoms with Crippen LogP contribution in [0, 0.1) is 5.92 Å². The number of dihydropyridines is 1. The number of carbonyl (C=O) groups is 1. The Kier molecular flexibility index (Phi) is 7.07. The first-order valence-corrected chi connectivity index (χ1v) is 6.89. The fourth-order valence-corrected chi connectivity index (χ4v) is 2.03. The Hall–Kier alpha value is -1.38. The molecule has 0 spiro atoms. The third-order valence-corrected chi connectivity index (χ3v) is 3.11. The number of hydrogen-bond donors (Lipinski definition) is 1. The van der Waals surface area contributed by atoms with Crippen molar-refractivity contribution in [2.75, 3.05) is 0 Å². The van der Waals surface area contributed by atoms with Gasteiger partial charge in [0.25, 0.3) is 0 Å². The Bertz CT molecular complexity index is 342. The molecule has 1 unspecified atom stereocenters. The number of unbranched alkanes of at least 4 members (excludes halogenated alkanes) is 6. The molecule has 0 fully saturated rings. The van der Waals surface area contributed by atoms with E-state index < -0.39 is 11.9 Å². The molecule has 18 heavy (non-hydrogen) atoms. The molecule has 3 nitrogen and oxygen atoms in total. The van der Waals surface area contributed by atoms with Crippen LogP contribution in [0.3, 0.4) is 0 Å². The Morgan fingerprint density at radius 3 is 2.78 bits per heavy atom. The van der Waals surface area contributed by atoms with Crippen molar-refractivity contribution in [2.24, 2.45) is 10.9 Å². The molecule has 3 heteroatoms. The maximum absolute atomic E-state index is 11.0. The van der Waals surface area contributed by atoms with Gasteiger partial charge in [-0.25, -0.2) is 0 Å². The first-order chi connectivity index (χ1) is 8.75. The summed E-state index contributed by atoms with van der Waals surface area (Å²) in [5.41, 5.74) is 0.679. The van der Waals surface area contributed by atoms with Crippen LogP contribution >= 0.6 is 0 Å². The van der Waals surface area contributed by atoms with Gasteiger partial charge in [0.15, 0.2) is 0 Å². The van der Waals surface area contributed by atoms with E-state index >= 15 is 0 Å². The lowest BCUT2D eigenvalue weighted by atomic mass is 10.0. The van der Waals surface area contributed by atoms with Crippen LogP contribution in [0.4, 0.5) is 0 Å².